The van der Waals surface area contributed by atoms with Gasteiger partial charge in [-0.1, -0.05) is 6.07 Å². The second-order valence-electron chi connectivity index (χ2n) is 7.56. The predicted molar refractivity (Wildman–Crippen MR) is 120 cm³/mol. The zero-order chi connectivity index (χ0) is 22.7. The number of fused-ring (bicyclic) bond motifs is 1. The maximum atomic E-state index is 13.2. The summed E-state index contributed by atoms with van der Waals surface area (Å²) in [5.74, 6) is 1.57. The lowest BCUT2D eigenvalue weighted by Crippen LogP contribution is -2.48. The fourth-order valence-electron chi connectivity index (χ4n) is 4.03. The van der Waals surface area contributed by atoms with Crippen molar-refractivity contribution in [1.29, 1.82) is 0 Å². The van der Waals surface area contributed by atoms with Crippen molar-refractivity contribution in [2.75, 3.05) is 47.5 Å². The van der Waals surface area contributed by atoms with Gasteiger partial charge in [-0.2, -0.15) is 0 Å². The molecule has 32 heavy (non-hydrogen) atoms. The van der Waals surface area contributed by atoms with Crippen LogP contribution in [-0.2, 0) is 6.54 Å². The van der Waals surface area contributed by atoms with Gasteiger partial charge >= 0.3 is 5.63 Å². The molecule has 0 radical (unpaired) electrons. The van der Waals surface area contributed by atoms with Gasteiger partial charge in [0.05, 0.1) is 21.3 Å². The molecule has 0 N–H and O–H groups in total. The van der Waals surface area contributed by atoms with Gasteiger partial charge in [-0.3, -0.25) is 9.69 Å². The van der Waals surface area contributed by atoms with E-state index in [0.717, 1.165) is 10.9 Å². The number of piperazine rings is 1. The highest BCUT2D eigenvalue weighted by atomic mass is 16.5. The van der Waals surface area contributed by atoms with Gasteiger partial charge in [0.2, 0.25) is 0 Å². The van der Waals surface area contributed by atoms with E-state index in [1.54, 1.807) is 56.6 Å². The second-order valence-corrected chi connectivity index (χ2v) is 7.56. The third kappa shape index (κ3) is 4.27. The molecule has 1 aliphatic heterocycles. The Balaban J connectivity index is 1.50. The first kappa shape index (κ1) is 21.7. The highest BCUT2D eigenvalue weighted by Crippen LogP contribution is 2.30. The fraction of sp³-hybridized carbons (Fsp3) is 0.333. The number of amides is 1. The Morgan fingerprint density at radius 1 is 0.938 bits per heavy atom. The first-order chi connectivity index (χ1) is 15.5. The first-order valence-corrected chi connectivity index (χ1v) is 10.4. The van der Waals surface area contributed by atoms with Crippen LogP contribution in [0, 0.1) is 0 Å². The molecule has 4 rings (SSSR count). The Bertz CT molecular complexity index is 1160. The van der Waals surface area contributed by atoms with E-state index >= 15 is 0 Å². The molecule has 0 atom stereocenters. The number of carbonyl (C=O) groups is 1. The minimum atomic E-state index is -0.380. The SMILES string of the molecule is COc1ccc2oc(=O)cc(CN3CCN(C(=O)c4c(OC)cccc4OC)CC3)c2c1. The standard InChI is InChI=1S/C24H26N2O6/c1-29-17-7-8-19-18(14-17)16(13-22(27)32-19)15-25-9-11-26(12-10-25)24(28)23-20(30-2)5-4-6-21(23)31-3/h4-8,13-14H,9-12,15H2,1-3H3. The summed E-state index contributed by atoms with van der Waals surface area (Å²) in [4.78, 5) is 29.2. The molecule has 1 aliphatic rings. The van der Waals surface area contributed by atoms with Crippen molar-refractivity contribution in [3.05, 3.63) is 64.0 Å². The summed E-state index contributed by atoms with van der Waals surface area (Å²) in [5, 5.41) is 0.848. The first-order valence-electron chi connectivity index (χ1n) is 10.4. The molecule has 0 unspecified atom stereocenters. The zero-order valence-corrected chi connectivity index (χ0v) is 18.4. The van der Waals surface area contributed by atoms with Gasteiger partial charge in [0.15, 0.2) is 0 Å². The van der Waals surface area contributed by atoms with Crippen LogP contribution in [0.25, 0.3) is 11.0 Å². The molecule has 2 aromatic carbocycles. The van der Waals surface area contributed by atoms with Crippen molar-refractivity contribution in [2.24, 2.45) is 0 Å². The highest BCUT2D eigenvalue weighted by Gasteiger charge is 2.27. The molecule has 0 spiro atoms. The van der Waals surface area contributed by atoms with Gasteiger partial charge in [-0.05, 0) is 35.9 Å². The van der Waals surface area contributed by atoms with Crippen LogP contribution < -0.4 is 19.8 Å². The normalized spacial score (nSPS) is 14.4. The van der Waals surface area contributed by atoms with E-state index in [4.69, 9.17) is 18.6 Å². The van der Waals surface area contributed by atoms with Gasteiger partial charge in [0.1, 0.15) is 28.4 Å². The van der Waals surface area contributed by atoms with E-state index in [1.807, 2.05) is 6.07 Å². The summed E-state index contributed by atoms with van der Waals surface area (Å²) >= 11 is 0. The van der Waals surface area contributed by atoms with Crippen molar-refractivity contribution in [3.63, 3.8) is 0 Å². The maximum absolute atomic E-state index is 13.2. The lowest BCUT2D eigenvalue weighted by Gasteiger charge is -2.35. The Hall–Kier alpha value is -3.52. The quantitative estimate of drug-likeness (QED) is 0.548. The van der Waals surface area contributed by atoms with E-state index in [1.165, 1.54) is 6.07 Å². The number of ether oxygens (including phenoxy) is 3. The number of benzene rings is 2. The minimum absolute atomic E-state index is 0.116. The van der Waals surface area contributed by atoms with Crippen LogP contribution in [0.5, 0.6) is 17.2 Å². The third-order valence-corrected chi connectivity index (χ3v) is 5.73. The van der Waals surface area contributed by atoms with Gasteiger partial charge < -0.3 is 23.5 Å². The van der Waals surface area contributed by atoms with Gasteiger partial charge in [0, 0.05) is 44.2 Å². The Morgan fingerprint density at radius 2 is 1.62 bits per heavy atom. The topological polar surface area (TPSA) is 81.5 Å². The van der Waals surface area contributed by atoms with Crippen LogP contribution in [0.15, 0.2) is 51.7 Å². The van der Waals surface area contributed by atoms with E-state index in [2.05, 4.69) is 4.90 Å². The molecule has 3 aromatic rings. The molecule has 0 aliphatic carbocycles. The third-order valence-electron chi connectivity index (χ3n) is 5.73. The Labute approximate surface area is 185 Å². The molecule has 1 amide bonds. The van der Waals surface area contributed by atoms with Gasteiger partial charge in [-0.25, -0.2) is 4.79 Å². The summed E-state index contributed by atoms with van der Waals surface area (Å²) in [6.45, 7) is 3.05. The average molecular weight is 438 g/mol. The number of rotatable bonds is 6. The van der Waals surface area contributed by atoms with E-state index in [0.29, 0.717) is 61.1 Å². The molecular weight excluding hydrogens is 412 g/mol. The molecule has 8 nitrogen and oxygen atoms in total. The molecule has 0 saturated carbocycles. The van der Waals surface area contributed by atoms with Crippen molar-refractivity contribution >= 4 is 16.9 Å². The summed E-state index contributed by atoms with van der Waals surface area (Å²) in [6.07, 6.45) is 0. The van der Waals surface area contributed by atoms with Crippen molar-refractivity contribution < 1.29 is 23.4 Å². The number of methoxy groups -OCH3 is 3. The van der Waals surface area contributed by atoms with E-state index < -0.39 is 0 Å². The predicted octanol–water partition coefficient (Wildman–Crippen LogP) is 2.78. The van der Waals surface area contributed by atoms with E-state index in [9.17, 15) is 9.59 Å². The van der Waals surface area contributed by atoms with Gasteiger partial charge in [0.25, 0.3) is 5.91 Å². The summed E-state index contributed by atoms with van der Waals surface area (Å²) in [7, 11) is 4.69. The van der Waals surface area contributed by atoms with Crippen molar-refractivity contribution in [1.82, 2.24) is 9.80 Å². The maximum Gasteiger partial charge on any atom is 0.336 e. The number of hydrogen-bond donors (Lipinski definition) is 0. The van der Waals surface area contributed by atoms with Crippen molar-refractivity contribution in [3.8, 4) is 17.2 Å². The largest absolute Gasteiger partial charge is 0.497 e. The van der Waals surface area contributed by atoms with Crippen molar-refractivity contribution in [2.45, 2.75) is 6.54 Å². The molecule has 1 aromatic heterocycles. The average Bonchev–Trinajstić information content (AvgIpc) is 2.83. The zero-order valence-electron chi connectivity index (χ0n) is 18.4. The Morgan fingerprint density at radius 3 is 2.25 bits per heavy atom. The summed E-state index contributed by atoms with van der Waals surface area (Å²) in [5.41, 5.74) is 1.46. The van der Waals surface area contributed by atoms with Crippen LogP contribution >= 0.6 is 0 Å². The van der Waals surface area contributed by atoms with E-state index in [-0.39, 0.29) is 11.5 Å². The van der Waals surface area contributed by atoms with Gasteiger partial charge in [-0.15, -0.1) is 0 Å². The Kier molecular flexibility index (Phi) is 6.32. The molecule has 1 saturated heterocycles. The monoisotopic (exact) mass is 438 g/mol. The number of carbonyl (C=O) groups excluding carboxylic acids is 1. The minimum Gasteiger partial charge on any atom is -0.497 e. The second kappa shape index (κ2) is 9.32. The number of nitrogens with zero attached hydrogens (tertiary/aromatic N) is 2. The van der Waals surface area contributed by atoms with Crippen LogP contribution in [0.2, 0.25) is 0 Å². The molecule has 8 heteroatoms. The molecule has 0 bridgehead atoms. The van der Waals surface area contributed by atoms with Crippen LogP contribution in [-0.4, -0.2) is 63.2 Å². The molecule has 168 valence electrons. The fourth-order valence-corrected chi connectivity index (χ4v) is 4.03. The number of hydrogen-bond acceptors (Lipinski definition) is 7. The molecule has 2 heterocycles. The molecule has 1 fully saturated rings. The lowest BCUT2D eigenvalue weighted by molar-refractivity contribution is 0.0622. The van der Waals surface area contributed by atoms with Crippen LogP contribution in [0.4, 0.5) is 0 Å². The smallest absolute Gasteiger partial charge is 0.336 e. The van der Waals surface area contributed by atoms with Crippen LogP contribution in [0.1, 0.15) is 15.9 Å². The summed E-state index contributed by atoms with van der Waals surface area (Å²) in [6, 6.07) is 12.2. The van der Waals surface area contributed by atoms with Crippen LogP contribution in [0.3, 0.4) is 0 Å². The summed E-state index contributed by atoms with van der Waals surface area (Å²) < 4.78 is 21.4. The lowest BCUT2D eigenvalue weighted by atomic mass is 10.1. The highest BCUT2D eigenvalue weighted by molar-refractivity contribution is 5.99. The molecular formula is C24H26N2O6.